The van der Waals surface area contributed by atoms with E-state index in [0.717, 1.165) is 64.1 Å². The van der Waals surface area contributed by atoms with Gasteiger partial charge in [0.05, 0.1) is 6.42 Å². The van der Waals surface area contributed by atoms with Gasteiger partial charge in [-0.15, -0.1) is 0 Å². The van der Waals surface area contributed by atoms with Crippen molar-refractivity contribution in [3.63, 3.8) is 0 Å². The van der Waals surface area contributed by atoms with Crippen LogP contribution in [0, 0.1) is 0 Å². The maximum atomic E-state index is 12.4. The number of nitrogens with zero attached hydrogens (tertiary/aromatic N) is 5. The minimum Gasteiger partial charge on any atom is -0.383 e. The number of nitrogens with one attached hydrogen (secondary N) is 1. The summed E-state index contributed by atoms with van der Waals surface area (Å²) in [6, 6.07) is 0. The molecular formula is C18H31N7O. The summed E-state index contributed by atoms with van der Waals surface area (Å²) in [6.45, 7) is 9.07. The fourth-order valence-corrected chi connectivity index (χ4v) is 3.46. The van der Waals surface area contributed by atoms with E-state index in [0.29, 0.717) is 30.5 Å². The Balaban J connectivity index is 1.59. The molecule has 0 radical (unpaired) electrons. The van der Waals surface area contributed by atoms with Gasteiger partial charge in [-0.1, -0.05) is 13.3 Å². The molecule has 0 bridgehead atoms. The Morgan fingerprint density at radius 1 is 1.12 bits per heavy atom. The molecular weight excluding hydrogens is 330 g/mol. The van der Waals surface area contributed by atoms with Crippen molar-refractivity contribution in [3.05, 3.63) is 5.56 Å². The molecule has 2 aliphatic heterocycles. The van der Waals surface area contributed by atoms with E-state index in [1.54, 1.807) is 4.90 Å². The van der Waals surface area contributed by atoms with Crippen LogP contribution in [0.5, 0.6) is 0 Å². The van der Waals surface area contributed by atoms with Crippen LogP contribution in [0.15, 0.2) is 0 Å². The molecule has 1 saturated heterocycles. The maximum absolute atomic E-state index is 12.4. The van der Waals surface area contributed by atoms with Crippen LogP contribution >= 0.6 is 0 Å². The Labute approximate surface area is 155 Å². The fourth-order valence-electron chi connectivity index (χ4n) is 3.46. The van der Waals surface area contributed by atoms with Crippen molar-refractivity contribution < 1.29 is 4.79 Å². The quantitative estimate of drug-likeness (QED) is 0.662. The van der Waals surface area contributed by atoms with Gasteiger partial charge in [0.25, 0.3) is 0 Å². The summed E-state index contributed by atoms with van der Waals surface area (Å²) in [5.41, 5.74) is 6.85. The largest absolute Gasteiger partial charge is 0.383 e. The van der Waals surface area contributed by atoms with Crippen molar-refractivity contribution in [3.8, 4) is 0 Å². The van der Waals surface area contributed by atoms with Gasteiger partial charge in [0.2, 0.25) is 11.9 Å². The van der Waals surface area contributed by atoms with E-state index in [2.05, 4.69) is 39.1 Å². The number of hydrogen-bond donors (Lipinski definition) is 2. The van der Waals surface area contributed by atoms with Crippen molar-refractivity contribution in [1.82, 2.24) is 19.8 Å². The molecule has 8 heteroatoms. The summed E-state index contributed by atoms with van der Waals surface area (Å²) in [5, 5.41) is 3.21. The molecule has 26 heavy (non-hydrogen) atoms. The summed E-state index contributed by atoms with van der Waals surface area (Å²) in [4.78, 5) is 27.9. The number of unbranched alkanes of at least 4 members (excludes halogenated alkanes) is 1. The van der Waals surface area contributed by atoms with Crippen molar-refractivity contribution in [2.24, 2.45) is 0 Å². The van der Waals surface area contributed by atoms with E-state index in [1.165, 1.54) is 0 Å². The smallest absolute Gasteiger partial charge is 0.232 e. The summed E-state index contributed by atoms with van der Waals surface area (Å²) >= 11 is 0. The van der Waals surface area contributed by atoms with Gasteiger partial charge in [0, 0.05) is 44.8 Å². The lowest BCUT2D eigenvalue weighted by Gasteiger charge is -2.32. The number of likely N-dealkylation sites (N-methyl/N-ethyl adjacent to an activating group) is 1. The molecule has 0 spiro atoms. The Hall–Kier alpha value is -1.93. The molecule has 1 fully saturated rings. The molecule has 0 unspecified atom stereocenters. The molecule has 0 aliphatic carbocycles. The van der Waals surface area contributed by atoms with Gasteiger partial charge < -0.3 is 20.9 Å². The molecule has 0 atom stereocenters. The van der Waals surface area contributed by atoms with E-state index < -0.39 is 0 Å². The van der Waals surface area contributed by atoms with Crippen LogP contribution in [0.3, 0.4) is 0 Å². The molecule has 3 rings (SSSR count). The highest BCUT2D eigenvalue weighted by Gasteiger charge is 2.31. The van der Waals surface area contributed by atoms with Gasteiger partial charge in [0.1, 0.15) is 11.6 Å². The Bertz CT molecular complexity index is 628. The standard InChI is InChI=1S/C18H31N7O/c1-3-4-6-20-18-21-16(19)14-13-15(26)25(17(14)22-18)8-5-7-24-11-9-23(2)10-12-24/h3-13H2,1-2H3,(H3,19,20,21,22). The average molecular weight is 361 g/mol. The lowest BCUT2D eigenvalue weighted by molar-refractivity contribution is -0.117. The molecule has 8 nitrogen and oxygen atoms in total. The molecule has 1 aromatic rings. The first kappa shape index (κ1) is 18.8. The number of nitrogen functional groups attached to an aromatic ring is 1. The first-order valence-corrected chi connectivity index (χ1v) is 9.70. The number of aromatic nitrogens is 2. The average Bonchev–Trinajstić information content (AvgIpc) is 2.94. The summed E-state index contributed by atoms with van der Waals surface area (Å²) in [5.74, 6) is 1.71. The van der Waals surface area contributed by atoms with Gasteiger partial charge in [0.15, 0.2) is 0 Å². The van der Waals surface area contributed by atoms with Crippen LogP contribution in [0.25, 0.3) is 0 Å². The molecule has 0 aromatic carbocycles. The second-order valence-corrected chi connectivity index (χ2v) is 7.24. The fraction of sp³-hybridized carbons (Fsp3) is 0.722. The van der Waals surface area contributed by atoms with E-state index in [1.807, 2.05) is 0 Å². The number of anilines is 3. The van der Waals surface area contributed by atoms with Gasteiger partial charge in [-0.25, -0.2) is 0 Å². The Morgan fingerprint density at radius 2 is 1.88 bits per heavy atom. The van der Waals surface area contributed by atoms with Gasteiger partial charge in [-0.05, 0) is 26.4 Å². The van der Waals surface area contributed by atoms with Gasteiger partial charge >= 0.3 is 0 Å². The van der Waals surface area contributed by atoms with E-state index in [4.69, 9.17) is 5.73 Å². The molecule has 2 aliphatic rings. The van der Waals surface area contributed by atoms with Gasteiger partial charge in [-0.2, -0.15) is 9.97 Å². The number of amides is 1. The number of nitrogens with two attached hydrogens (primary N) is 1. The van der Waals surface area contributed by atoms with Crippen LogP contribution in [-0.2, 0) is 11.2 Å². The topological polar surface area (TPSA) is 90.6 Å². The van der Waals surface area contributed by atoms with E-state index in [-0.39, 0.29) is 5.91 Å². The summed E-state index contributed by atoms with van der Waals surface area (Å²) < 4.78 is 0. The second kappa shape index (κ2) is 8.64. The monoisotopic (exact) mass is 361 g/mol. The Morgan fingerprint density at radius 3 is 2.62 bits per heavy atom. The summed E-state index contributed by atoms with van der Waals surface area (Å²) in [7, 11) is 2.16. The molecule has 1 aromatic heterocycles. The van der Waals surface area contributed by atoms with Crippen LogP contribution in [0.1, 0.15) is 31.7 Å². The molecule has 144 valence electrons. The zero-order chi connectivity index (χ0) is 18.5. The van der Waals surface area contributed by atoms with Crippen molar-refractivity contribution in [1.29, 1.82) is 0 Å². The maximum Gasteiger partial charge on any atom is 0.232 e. The number of fused-ring (bicyclic) bond motifs is 1. The lowest BCUT2D eigenvalue weighted by Crippen LogP contribution is -2.45. The zero-order valence-electron chi connectivity index (χ0n) is 16.0. The number of hydrogen-bond acceptors (Lipinski definition) is 7. The van der Waals surface area contributed by atoms with E-state index >= 15 is 0 Å². The molecule has 3 heterocycles. The van der Waals surface area contributed by atoms with Crippen LogP contribution in [0.4, 0.5) is 17.6 Å². The lowest BCUT2D eigenvalue weighted by atomic mass is 10.2. The highest BCUT2D eigenvalue weighted by atomic mass is 16.2. The number of piperazine rings is 1. The van der Waals surface area contributed by atoms with Gasteiger partial charge in [-0.3, -0.25) is 9.69 Å². The predicted molar refractivity (Wildman–Crippen MR) is 104 cm³/mol. The predicted octanol–water partition coefficient (Wildman–Crippen LogP) is 0.797. The SMILES string of the molecule is CCCCNc1nc(N)c2c(n1)N(CCCN1CCN(C)CC1)C(=O)C2. The number of carbonyl (C=O) groups excluding carboxylic acids is 1. The van der Waals surface area contributed by atoms with Crippen molar-refractivity contribution >= 4 is 23.5 Å². The second-order valence-electron chi connectivity index (χ2n) is 7.24. The first-order chi connectivity index (χ1) is 12.6. The van der Waals surface area contributed by atoms with Crippen molar-refractivity contribution in [2.75, 3.05) is 68.8 Å². The highest BCUT2D eigenvalue weighted by Crippen LogP contribution is 2.31. The minimum atomic E-state index is 0.0742. The van der Waals surface area contributed by atoms with Crippen molar-refractivity contribution in [2.45, 2.75) is 32.6 Å². The zero-order valence-corrected chi connectivity index (χ0v) is 16.0. The Kier molecular flexibility index (Phi) is 6.26. The van der Waals surface area contributed by atoms with E-state index in [9.17, 15) is 4.79 Å². The number of rotatable bonds is 8. The third-order valence-electron chi connectivity index (χ3n) is 5.17. The summed E-state index contributed by atoms with van der Waals surface area (Å²) in [6.07, 6.45) is 3.40. The third-order valence-corrected chi connectivity index (χ3v) is 5.17. The van der Waals surface area contributed by atoms with Crippen LogP contribution in [-0.4, -0.2) is 78.5 Å². The van der Waals surface area contributed by atoms with Crippen LogP contribution < -0.4 is 16.0 Å². The molecule has 1 amide bonds. The first-order valence-electron chi connectivity index (χ1n) is 9.70. The normalized spacial score (nSPS) is 18.4. The molecule has 0 saturated carbocycles. The number of carbonyl (C=O) groups is 1. The molecule has 3 N–H and O–H groups in total. The van der Waals surface area contributed by atoms with Crippen LogP contribution in [0.2, 0.25) is 0 Å². The minimum absolute atomic E-state index is 0.0742. The highest BCUT2D eigenvalue weighted by molar-refractivity contribution is 6.01. The third kappa shape index (κ3) is 4.42.